The van der Waals surface area contributed by atoms with Crippen molar-refractivity contribution in [3.8, 4) is 34.7 Å². The van der Waals surface area contributed by atoms with Gasteiger partial charge < -0.3 is 19.9 Å². The Balaban J connectivity index is 1.56. The molecule has 174 valence electrons. The molecule has 0 unspecified atom stereocenters. The molecule has 1 aromatic heterocycles. The summed E-state index contributed by atoms with van der Waals surface area (Å²) in [5.74, 6) is 1.07. The molecule has 1 aliphatic heterocycles. The van der Waals surface area contributed by atoms with Crippen LogP contribution in [0.2, 0.25) is 0 Å². The van der Waals surface area contributed by atoms with E-state index in [0.29, 0.717) is 29.6 Å². The maximum Gasteiger partial charge on any atom is 0.244 e. The molecular formula is C28H24N4O3. The molecule has 1 atom stereocenters. The molecule has 0 aliphatic carbocycles. The summed E-state index contributed by atoms with van der Waals surface area (Å²) in [6.07, 6.45) is 0. The summed E-state index contributed by atoms with van der Waals surface area (Å²) in [6.45, 7) is 2.47. The fraction of sp³-hybridized carbons (Fsp3) is 0.143. The smallest absolute Gasteiger partial charge is 0.244 e. The van der Waals surface area contributed by atoms with Gasteiger partial charge in [0, 0.05) is 0 Å². The number of rotatable bonds is 6. The largest absolute Gasteiger partial charge is 0.493 e. The number of aromatic amines is 1. The second kappa shape index (κ2) is 9.27. The van der Waals surface area contributed by atoms with Crippen LogP contribution in [0.15, 0.2) is 84.3 Å². The van der Waals surface area contributed by atoms with Gasteiger partial charge in [-0.1, -0.05) is 60.7 Å². The van der Waals surface area contributed by atoms with Crippen molar-refractivity contribution in [2.24, 2.45) is 5.73 Å². The van der Waals surface area contributed by atoms with Gasteiger partial charge in [0.2, 0.25) is 11.8 Å². The zero-order valence-corrected chi connectivity index (χ0v) is 19.4. The van der Waals surface area contributed by atoms with Gasteiger partial charge in [0.25, 0.3) is 0 Å². The molecule has 3 aromatic carbocycles. The lowest BCUT2D eigenvalue weighted by Gasteiger charge is -2.25. The van der Waals surface area contributed by atoms with Crippen molar-refractivity contribution < 1.29 is 14.2 Å². The van der Waals surface area contributed by atoms with Crippen molar-refractivity contribution in [2.75, 3.05) is 7.11 Å². The minimum atomic E-state index is -0.489. The Morgan fingerprint density at radius 3 is 2.57 bits per heavy atom. The average Bonchev–Trinajstić information content (AvgIpc) is 3.31. The minimum Gasteiger partial charge on any atom is -0.493 e. The van der Waals surface area contributed by atoms with Crippen LogP contribution in [0.1, 0.15) is 28.2 Å². The number of benzene rings is 3. The quantitative estimate of drug-likeness (QED) is 0.407. The molecule has 7 nitrogen and oxygen atoms in total. The van der Waals surface area contributed by atoms with E-state index in [1.54, 1.807) is 7.11 Å². The Bertz CT molecular complexity index is 1450. The first-order valence-corrected chi connectivity index (χ1v) is 11.2. The van der Waals surface area contributed by atoms with E-state index in [1.165, 1.54) is 0 Å². The number of allylic oxidation sites excluding steroid dienone is 1. The number of nitrogens with zero attached hydrogens (tertiary/aromatic N) is 2. The molecule has 0 amide bonds. The van der Waals surface area contributed by atoms with E-state index in [4.69, 9.17) is 19.9 Å². The second-order valence-corrected chi connectivity index (χ2v) is 8.23. The van der Waals surface area contributed by atoms with Gasteiger partial charge in [-0.05, 0) is 41.3 Å². The number of nitrogens with one attached hydrogen (secondary N) is 1. The predicted molar refractivity (Wildman–Crippen MR) is 132 cm³/mol. The molecule has 1 aliphatic rings. The number of aromatic nitrogens is 2. The number of ether oxygens (including phenoxy) is 3. The van der Waals surface area contributed by atoms with E-state index in [2.05, 4.69) is 29.3 Å². The summed E-state index contributed by atoms with van der Waals surface area (Å²) in [5.41, 5.74) is 12.0. The van der Waals surface area contributed by atoms with Gasteiger partial charge in [-0.3, -0.25) is 5.10 Å². The van der Waals surface area contributed by atoms with Crippen molar-refractivity contribution in [1.82, 2.24) is 10.2 Å². The van der Waals surface area contributed by atoms with E-state index in [9.17, 15) is 5.26 Å². The summed E-state index contributed by atoms with van der Waals surface area (Å²) in [5, 5.41) is 17.4. The Labute approximate surface area is 203 Å². The van der Waals surface area contributed by atoms with E-state index in [-0.39, 0.29) is 5.88 Å². The standard InChI is InChI=1S/C28H24N4O3/c1-17-8-6-7-11-20(17)16-34-22-13-12-19(14-23(22)33-2)24-21(15-29)27(30)35-28-25(24)26(31-32-28)18-9-4-3-5-10-18/h3-14,24H,16,30H2,1-2H3,(H,31,32)/t24-/m0/s1. The highest BCUT2D eigenvalue weighted by Crippen LogP contribution is 2.47. The van der Waals surface area contributed by atoms with Crippen LogP contribution in [0.4, 0.5) is 0 Å². The van der Waals surface area contributed by atoms with E-state index >= 15 is 0 Å². The van der Waals surface area contributed by atoms with Crippen LogP contribution in [0.25, 0.3) is 11.3 Å². The Morgan fingerprint density at radius 2 is 1.83 bits per heavy atom. The fourth-order valence-electron chi connectivity index (χ4n) is 4.31. The molecule has 35 heavy (non-hydrogen) atoms. The monoisotopic (exact) mass is 464 g/mol. The molecule has 5 rings (SSSR count). The van der Waals surface area contributed by atoms with Crippen LogP contribution in [-0.2, 0) is 6.61 Å². The van der Waals surface area contributed by atoms with E-state index < -0.39 is 5.92 Å². The molecule has 0 saturated heterocycles. The molecule has 4 aromatic rings. The predicted octanol–water partition coefficient (Wildman–Crippen LogP) is 5.19. The summed E-state index contributed by atoms with van der Waals surface area (Å²) >= 11 is 0. The lowest BCUT2D eigenvalue weighted by molar-refractivity contribution is 0.283. The highest BCUT2D eigenvalue weighted by molar-refractivity contribution is 5.71. The normalized spacial score (nSPS) is 14.6. The summed E-state index contributed by atoms with van der Waals surface area (Å²) in [7, 11) is 1.60. The average molecular weight is 465 g/mol. The van der Waals surface area contributed by atoms with Crippen LogP contribution in [0.5, 0.6) is 17.4 Å². The summed E-state index contributed by atoms with van der Waals surface area (Å²) in [4.78, 5) is 0. The van der Waals surface area contributed by atoms with E-state index in [0.717, 1.165) is 33.5 Å². The van der Waals surface area contributed by atoms with Gasteiger partial charge >= 0.3 is 0 Å². The Morgan fingerprint density at radius 1 is 1.06 bits per heavy atom. The third-order valence-corrected chi connectivity index (χ3v) is 6.17. The van der Waals surface area contributed by atoms with Crippen LogP contribution in [0, 0.1) is 18.3 Å². The third kappa shape index (κ3) is 4.06. The van der Waals surface area contributed by atoms with Crippen LogP contribution in [0.3, 0.4) is 0 Å². The number of hydrogen-bond acceptors (Lipinski definition) is 6. The molecule has 3 N–H and O–H groups in total. The minimum absolute atomic E-state index is 0.0370. The molecule has 7 heteroatoms. The maximum absolute atomic E-state index is 9.98. The lowest BCUT2D eigenvalue weighted by Crippen LogP contribution is -2.21. The SMILES string of the molecule is COc1cc([C@H]2C(C#N)=C(N)Oc3n[nH]c(-c4ccccc4)c32)ccc1OCc1ccccc1C. The van der Waals surface area contributed by atoms with Crippen LogP contribution in [-0.4, -0.2) is 17.3 Å². The van der Waals surface area contributed by atoms with Gasteiger partial charge in [-0.15, -0.1) is 5.10 Å². The molecule has 0 saturated carbocycles. The number of nitriles is 1. The number of nitrogens with two attached hydrogens (primary N) is 1. The van der Waals surface area contributed by atoms with Crippen molar-refractivity contribution in [1.29, 1.82) is 5.26 Å². The number of methoxy groups -OCH3 is 1. The second-order valence-electron chi connectivity index (χ2n) is 8.23. The summed E-state index contributed by atoms with van der Waals surface area (Å²) in [6, 6.07) is 25.7. The van der Waals surface area contributed by atoms with Crippen molar-refractivity contribution in [3.63, 3.8) is 0 Å². The molecule has 0 bridgehead atoms. The molecule has 0 fully saturated rings. The maximum atomic E-state index is 9.98. The molecular weight excluding hydrogens is 440 g/mol. The zero-order chi connectivity index (χ0) is 24.4. The first-order chi connectivity index (χ1) is 17.1. The number of aryl methyl sites for hydroxylation is 1. The van der Waals surface area contributed by atoms with Gasteiger partial charge in [-0.25, -0.2) is 0 Å². The Hall–Kier alpha value is -4.70. The molecule has 2 heterocycles. The van der Waals surface area contributed by atoms with Gasteiger partial charge in [0.05, 0.1) is 24.3 Å². The molecule has 0 spiro atoms. The lowest BCUT2D eigenvalue weighted by atomic mass is 9.83. The number of H-pyrrole nitrogens is 1. The first-order valence-electron chi connectivity index (χ1n) is 11.2. The van der Waals surface area contributed by atoms with Crippen molar-refractivity contribution >= 4 is 0 Å². The Kier molecular flexibility index (Phi) is 5.86. The van der Waals surface area contributed by atoms with E-state index in [1.807, 2.05) is 66.7 Å². The van der Waals surface area contributed by atoms with Crippen LogP contribution >= 0.6 is 0 Å². The zero-order valence-electron chi connectivity index (χ0n) is 19.4. The fourth-order valence-corrected chi connectivity index (χ4v) is 4.31. The van der Waals surface area contributed by atoms with Crippen molar-refractivity contribution in [3.05, 3.63) is 107 Å². The van der Waals surface area contributed by atoms with Gasteiger partial charge in [0.15, 0.2) is 11.5 Å². The topological polar surface area (TPSA) is 106 Å². The highest BCUT2D eigenvalue weighted by Gasteiger charge is 2.36. The summed E-state index contributed by atoms with van der Waals surface area (Å²) < 4.78 is 17.5. The van der Waals surface area contributed by atoms with Gasteiger partial charge in [0.1, 0.15) is 18.2 Å². The first kappa shape index (κ1) is 22.1. The van der Waals surface area contributed by atoms with Crippen molar-refractivity contribution in [2.45, 2.75) is 19.4 Å². The third-order valence-electron chi connectivity index (χ3n) is 6.17. The van der Waals surface area contributed by atoms with Gasteiger partial charge in [-0.2, -0.15) is 5.26 Å². The number of hydrogen-bond donors (Lipinski definition) is 2. The molecule has 0 radical (unpaired) electrons. The van der Waals surface area contributed by atoms with Crippen LogP contribution < -0.4 is 19.9 Å². The highest BCUT2D eigenvalue weighted by atomic mass is 16.5. The number of fused-ring (bicyclic) bond motifs is 1.